The first-order chi connectivity index (χ1) is 14.6. The Morgan fingerprint density at radius 1 is 1.16 bits per heavy atom. The van der Waals surface area contributed by atoms with Crippen LogP contribution in [0.3, 0.4) is 0 Å². The number of likely N-dealkylation sites (tertiary alicyclic amines) is 1. The lowest BCUT2D eigenvalue weighted by Crippen LogP contribution is -2.53. The van der Waals surface area contributed by atoms with E-state index < -0.39 is 29.7 Å². The van der Waals surface area contributed by atoms with Gasteiger partial charge in [0.25, 0.3) is 0 Å². The summed E-state index contributed by atoms with van der Waals surface area (Å²) in [6, 6.07) is 7.51. The number of hydrogen-bond donors (Lipinski definition) is 2. The molecule has 0 bridgehead atoms. The third-order valence-electron chi connectivity index (χ3n) is 4.79. The second kappa shape index (κ2) is 11.1. The second-order valence-corrected chi connectivity index (χ2v) is 9.26. The molecule has 0 spiro atoms. The summed E-state index contributed by atoms with van der Waals surface area (Å²) in [6.07, 6.45) is 1.68. The Morgan fingerprint density at radius 3 is 2.45 bits per heavy atom. The second-order valence-electron chi connectivity index (χ2n) is 9.26. The lowest BCUT2D eigenvalue weighted by atomic mass is 10.0. The Morgan fingerprint density at radius 2 is 1.84 bits per heavy atom. The Hall–Kier alpha value is -2.61. The van der Waals surface area contributed by atoms with Crippen LogP contribution in [0.2, 0.25) is 0 Å². The number of carbonyl (C=O) groups excluding carboxylic acids is 3. The van der Waals surface area contributed by atoms with Crippen LogP contribution >= 0.6 is 0 Å². The number of nitrogens with one attached hydrogen (secondary N) is 2. The van der Waals surface area contributed by atoms with Crippen LogP contribution in [-0.4, -0.2) is 47.0 Å². The van der Waals surface area contributed by atoms with Crippen molar-refractivity contribution in [2.24, 2.45) is 5.92 Å². The summed E-state index contributed by atoms with van der Waals surface area (Å²) in [5, 5.41) is 2.81. The fourth-order valence-electron chi connectivity index (χ4n) is 3.32. The molecule has 3 amide bonds. The first kappa shape index (κ1) is 24.7. The standard InChI is InChI=1S/C23H35N3O5/c1-16(2)14-18(21(28)30-15-17-10-7-6-8-11-17)24-20(27)19-12-9-13-26(19)22(29)25-31-23(3,4)5/h6-8,10-11,16,18-19H,9,12-15H2,1-5H3,(H,24,27)(H,25,29)/t18-,19-/m0/s1. The van der Waals surface area contributed by atoms with Crippen LogP contribution in [0.4, 0.5) is 4.79 Å². The van der Waals surface area contributed by atoms with E-state index in [1.165, 1.54) is 4.90 Å². The van der Waals surface area contributed by atoms with Gasteiger partial charge in [-0.3, -0.25) is 9.63 Å². The first-order valence-corrected chi connectivity index (χ1v) is 10.8. The van der Waals surface area contributed by atoms with Crippen molar-refractivity contribution in [1.29, 1.82) is 0 Å². The largest absolute Gasteiger partial charge is 0.459 e. The number of nitrogens with zero attached hydrogens (tertiary/aromatic N) is 1. The van der Waals surface area contributed by atoms with E-state index in [1.54, 1.807) is 0 Å². The molecule has 1 aliphatic rings. The zero-order chi connectivity index (χ0) is 23.0. The molecule has 1 heterocycles. The smallest absolute Gasteiger partial charge is 0.342 e. The fourth-order valence-corrected chi connectivity index (χ4v) is 3.32. The summed E-state index contributed by atoms with van der Waals surface area (Å²) in [7, 11) is 0. The average Bonchev–Trinajstić information content (AvgIpc) is 3.19. The molecule has 1 aromatic rings. The van der Waals surface area contributed by atoms with Gasteiger partial charge in [-0.15, -0.1) is 0 Å². The molecular formula is C23H35N3O5. The molecule has 0 aliphatic carbocycles. The molecule has 1 saturated heterocycles. The van der Waals surface area contributed by atoms with Gasteiger partial charge in [-0.05, 0) is 51.5 Å². The molecule has 172 valence electrons. The number of amides is 3. The maximum atomic E-state index is 13.0. The maximum Gasteiger partial charge on any atom is 0.342 e. The quantitative estimate of drug-likeness (QED) is 0.485. The van der Waals surface area contributed by atoms with Gasteiger partial charge in [0.15, 0.2) is 0 Å². The van der Waals surface area contributed by atoms with Gasteiger partial charge in [0.05, 0.1) is 5.60 Å². The lowest BCUT2D eigenvalue weighted by Gasteiger charge is -2.28. The van der Waals surface area contributed by atoms with Gasteiger partial charge in [-0.1, -0.05) is 44.2 Å². The van der Waals surface area contributed by atoms with Crippen LogP contribution in [0.5, 0.6) is 0 Å². The van der Waals surface area contributed by atoms with Crippen molar-refractivity contribution in [2.45, 2.75) is 78.2 Å². The topological polar surface area (TPSA) is 97.0 Å². The minimum absolute atomic E-state index is 0.145. The van der Waals surface area contributed by atoms with E-state index in [0.717, 1.165) is 5.56 Å². The molecule has 1 fully saturated rings. The van der Waals surface area contributed by atoms with Crippen LogP contribution in [0.1, 0.15) is 59.4 Å². The van der Waals surface area contributed by atoms with Crippen molar-refractivity contribution in [3.63, 3.8) is 0 Å². The Balaban J connectivity index is 1.98. The van der Waals surface area contributed by atoms with Gasteiger partial charge in [-0.25, -0.2) is 15.1 Å². The van der Waals surface area contributed by atoms with Crippen molar-refractivity contribution in [3.05, 3.63) is 35.9 Å². The van der Waals surface area contributed by atoms with Crippen molar-refractivity contribution < 1.29 is 24.0 Å². The van der Waals surface area contributed by atoms with Crippen molar-refractivity contribution in [2.75, 3.05) is 6.54 Å². The van der Waals surface area contributed by atoms with Gasteiger partial charge in [0.2, 0.25) is 5.91 Å². The number of ether oxygens (including phenoxy) is 1. The fraction of sp³-hybridized carbons (Fsp3) is 0.609. The Bertz CT molecular complexity index is 745. The molecule has 2 atom stereocenters. The summed E-state index contributed by atoms with van der Waals surface area (Å²) in [6.45, 7) is 10.00. The Kier molecular flexibility index (Phi) is 8.86. The molecule has 0 aromatic heterocycles. The van der Waals surface area contributed by atoms with Crippen molar-refractivity contribution >= 4 is 17.9 Å². The zero-order valence-corrected chi connectivity index (χ0v) is 19.1. The summed E-state index contributed by atoms with van der Waals surface area (Å²) in [5.41, 5.74) is 2.75. The van der Waals surface area contributed by atoms with Gasteiger partial charge < -0.3 is 15.0 Å². The van der Waals surface area contributed by atoms with Crippen LogP contribution in [0, 0.1) is 5.92 Å². The zero-order valence-electron chi connectivity index (χ0n) is 19.1. The average molecular weight is 434 g/mol. The van der Waals surface area contributed by atoms with Gasteiger partial charge in [0, 0.05) is 6.54 Å². The predicted molar refractivity (Wildman–Crippen MR) is 117 cm³/mol. The van der Waals surface area contributed by atoms with E-state index in [-0.39, 0.29) is 18.4 Å². The van der Waals surface area contributed by atoms with Crippen LogP contribution < -0.4 is 10.8 Å². The highest BCUT2D eigenvalue weighted by Gasteiger charge is 2.36. The number of esters is 1. The normalized spacial score (nSPS) is 17.4. The predicted octanol–water partition coefficient (Wildman–Crippen LogP) is 3.16. The van der Waals surface area contributed by atoms with Crippen LogP contribution in [0.25, 0.3) is 0 Å². The van der Waals surface area contributed by atoms with Crippen LogP contribution in [-0.2, 0) is 25.8 Å². The number of carbonyl (C=O) groups is 3. The van der Waals surface area contributed by atoms with Gasteiger partial charge in [0.1, 0.15) is 18.7 Å². The molecule has 1 aromatic carbocycles. The molecule has 0 radical (unpaired) electrons. The molecule has 0 saturated carbocycles. The minimum Gasteiger partial charge on any atom is -0.459 e. The highest BCUT2D eigenvalue weighted by molar-refractivity contribution is 5.90. The SMILES string of the molecule is CC(C)C[C@H](NC(=O)[C@@H]1CCCN1C(=O)NOC(C)(C)C)C(=O)OCc1ccccc1. The molecule has 31 heavy (non-hydrogen) atoms. The third-order valence-corrected chi connectivity index (χ3v) is 4.79. The van der Waals surface area contributed by atoms with E-state index >= 15 is 0 Å². The summed E-state index contributed by atoms with van der Waals surface area (Å²) < 4.78 is 5.44. The molecule has 2 N–H and O–H groups in total. The molecule has 8 nitrogen and oxygen atoms in total. The van der Waals surface area contributed by atoms with E-state index in [4.69, 9.17) is 9.57 Å². The van der Waals surface area contributed by atoms with Crippen LogP contribution in [0.15, 0.2) is 30.3 Å². The van der Waals surface area contributed by atoms with E-state index in [2.05, 4.69) is 10.8 Å². The summed E-state index contributed by atoms with van der Waals surface area (Å²) in [4.78, 5) is 44.9. The summed E-state index contributed by atoms with van der Waals surface area (Å²) in [5.74, 6) is -0.653. The first-order valence-electron chi connectivity index (χ1n) is 10.8. The molecule has 2 rings (SSSR count). The molecule has 1 aliphatic heterocycles. The number of hydroxylamine groups is 1. The number of rotatable bonds is 8. The van der Waals surface area contributed by atoms with E-state index in [0.29, 0.717) is 25.8 Å². The van der Waals surface area contributed by atoms with Crippen molar-refractivity contribution in [3.8, 4) is 0 Å². The number of urea groups is 1. The monoisotopic (exact) mass is 433 g/mol. The third kappa shape index (κ3) is 8.20. The molecule has 0 unspecified atom stereocenters. The Labute approximate surface area is 184 Å². The van der Waals surface area contributed by atoms with Crippen molar-refractivity contribution in [1.82, 2.24) is 15.7 Å². The van der Waals surface area contributed by atoms with E-state index in [9.17, 15) is 14.4 Å². The maximum absolute atomic E-state index is 13.0. The highest BCUT2D eigenvalue weighted by Crippen LogP contribution is 2.19. The molecule has 8 heteroatoms. The summed E-state index contributed by atoms with van der Waals surface area (Å²) >= 11 is 0. The number of hydrogen-bond acceptors (Lipinski definition) is 5. The minimum atomic E-state index is -0.771. The number of benzene rings is 1. The van der Waals surface area contributed by atoms with Gasteiger partial charge >= 0.3 is 12.0 Å². The lowest BCUT2D eigenvalue weighted by molar-refractivity contribution is -0.150. The molecular weight excluding hydrogens is 398 g/mol. The highest BCUT2D eigenvalue weighted by atomic mass is 16.7. The van der Waals surface area contributed by atoms with E-state index in [1.807, 2.05) is 65.0 Å². The van der Waals surface area contributed by atoms with Gasteiger partial charge in [-0.2, -0.15) is 0 Å².